The van der Waals surface area contributed by atoms with Crippen LogP contribution in [0, 0.1) is 0 Å². The summed E-state index contributed by atoms with van der Waals surface area (Å²) >= 11 is 0. The van der Waals surface area contributed by atoms with Gasteiger partial charge in [0.2, 0.25) is 5.88 Å². The zero-order chi connectivity index (χ0) is 15.5. The van der Waals surface area contributed by atoms with E-state index in [2.05, 4.69) is 10.2 Å². The Morgan fingerprint density at radius 1 is 1.10 bits per heavy atom. The molecule has 0 spiro atoms. The Morgan fingerprint density at radius 3 is 2.24 bits per heavy atom. The van der Waals surface area contributed by atoms with Crippen molar-refractivity contribution in [1.29, 1.82) is 0 Å². The smallest absolute Gasteiger partial charge is 0.471 e. The molecule has 0 saturated carbocycles. The first-order valence-electron chi connectivity index (χ1n) is 5.76. The molecule has 8 heteroatoms. The number of hydrogen-bond acceptors (Lipinski definition) is 4. The Kier molecular flexibility index (Phi) is 4.06. The summed E-state index contributed by atoms with van der Waals surface area (Å²) in [7, 11) is 1.46. The van der Waals surface area contributed by atoms with Gasteiger partial charge in [-0.2, -0.15) is 13.2 Å². The largest absolute Gasteiger partial charge is 0.480 e. The van der Waals surface area contributed by atoms with Crippen LogP contribution in [0.5, 0.6) is 5.88 Å². The van der Waals surface area contributed by atoms with E-state index in [1.54, 1.807) is 17.4 Å². The summed E-state index contributed by atoms with van der Waals surface area (Å²) in [5.41, 5.74) is 1.22. The van der Waals surface area contributed by atoms with Gasteiger partial charge in [-0.15, -0.1) is 10.2 Å². The standard InChI is InChI=1S/C13H10F3N3O2/c1-21-11-7-6-10(18-19-11)8-2-4-9(5-3-8)17-12(20)13(14,15)16/h2-7H,1H3,(H,17,20). The molecular formula is C13H10F3N3O2. The molecule has 2 rings (SSSR count). The van der Waals surface area contributed by atoms with E-state index in [4.69, 9.17) is 4.74 Å². The molecule has 0 atom stereocenters. The number of carbonyl (C=O) groups excluding carboxylic acids is 1. The summed E-state index contributed by atoms with van der Waals surface area (Å²) < 4.78 is 41.2. The van der Waals surface area contributed by atoms with E-state index in [0.29, 0.717) is 17.1 Å². The van der Waals surface area contributed by atoms with Crippen molar-refractivity contribution in [3.8, 4) is 17.1 Å². The number of hydrogen-bond donors (Lipinski definition) is 1. The van der Waals surface area contributed by atoms with Crippen molar-refractivity contribution in [3.63, 3.8) is 0 Å². The maximum atomic E-state index is 12.1. The lowest BCUT2D eigenvalue weighted by Crippen LogP contribution is -2.29. The molecule has 0 bridgehead atoms. The van der Waals surface area contributed by atoms with Gasteiger partial charge in [0.1, 0.15) is 0 Å². The first kappa shape index (κ1) is 14.8. The fourth-order valence-corrected chi connectivity index (χ4v) is 1.51. The van der Waals surface area contributed by atoms with Crippen LogP contribution in [0.25, 0.3) is 11.3 Å². The Labute approximate surface area is 117 Å². The van der Waals surface area contributed by atoms with Crippen LogP contribution in [0.15, 0.2) is 36.4 Å². The van der Waals surface area contributed by atoms with Crippen molar-refractivity contribution in [2.45, 2.75) is 6.18 Å². The van der Waals surface area contributed by atoms with Crippen LogP contribution in [0.4, 0.5) is 18.9 Å². The highest BCUT2D eigenvalue weighted by Crippen LogP contribution is 2.22. The molecule has 0 aliphatic carbocycles. The Hall–Kier alpha value is -2.64. The van der Waals surface area contributed by atoms with Gasteiger partial charge >= 0.3 is 12.1 Å². The second kappa shape index (κ2) is 5.78. The van der Waals surface area contributed by atoms with Crippen molar-refractivity contribution in [1.82, 2.24) is 10.2 Å². The summed E-state index contributed by atoms with van der Waals surface area (Å²) in [6.45, 7) is 0. The zero-order valence-electron chi connectivity index (χ0n) is 10.8. The van der Waals surface area contributed by atoms with Crippen molar-refractivity contribution in [2.75, 3.05) is 12.4 Å². The van der Waals surface area contributed by atoms with Gasteiger partial charge in [-0.05, 0) is 18.2 Å². The Morgan fingerprint density at radius 2 is 1.76 bits per heavy atom. The fraction of sp³-hybridized carbons (Fsp3) is 0.154. The van der Waals surface area contributed by atoms with E-state index < -0.39 is 12.1 Å². The van der Waals surface area contributed by atoms with Gasteiger partial charge in [0.15, 0.2) is 0 Å². The lowest BCUT2D eigenvalue weighted by Gasteiger charge is -2.08. The number of ether oxygens (including phenoxy) is 1. The molecule has 1 aromatic carbocycles. The third-order valence-corrected chi connectivity index (χ3v) is 2.55. The van der Waals surface area contributed by atoms with Crippen molar-refractivity contribution >= 4 is 11.6 Å². The Bertz CT molecular complexity index is 625. The van der Waals surface area contributed by atoms with E-state index >= 15 is 0 Å². The summed E-state index contributed by atoms with van der Waals surface area (Å²) in [5.74, 6) is -1.66. The second-order valence-electron chi connectivity index (χ2n) is 3.99. The molecule has 5 nitrogen and oxygen atoms in total. The van der Waals surface area contributed by atoms with E-state index in [9.17, 15) is 18.0 Å². The van der Waals surface area contributed by atoms with Gasteiger partial charge in [0.05, 0.1) is 12.8 Å². The minimum atomic E-state index is -4.92. The normalized spacial score (nSPS) is 11.0. The van der Waals surface area contributed by atoms with Crippen molar-refractivity contribution in [2.24, 2.45) is 0 Å². The summed E-state index contributed by atoms with van der Waals surface area (Å²) in [6.07, 6.45) is -4.92. The average molecular weight is 297 g/mol. The van der Waals surface area contributed by atoms with Gasteiger partial charge in [-0.25, -0.2) is 0 Å². The molecule has 0 unspecified atom stereocenters. The van der Waals surface area contributed by atoms with Crippen LogP contribution in [0.2, 0.25) is 0 Å². The van der Waals surface area contributed by atoms with E-state index in [0.717, 1.165) is 0 Å². The highest BCUT2D eigenvalue weighted by molar-refractivity contribution is 5.95. The molecule has 0 radical (unpaired) electrons. The molecule has 21 heavy (non-hydrogen) atoms. The van der Waals surface area contributed by atoms with Gasteiger partial charge in [0.25, 0.3) is 0 Å². The van der Waals surface area contributed by atoms with Crippen LogP contribution in [-0.2, 0) is 4.79 Å². The SMILES string of the molecule is COc1ccc(-c2ccc(NC(=O)C(F)(F)F)cc2)nn1. The number of anilines is 1. The monoisotopic (exact) mass is 297 g/mol. The molecule has 0 fully saturated rings. The van der Waals surface area contributed by atoms with E-state index in [1.165, 1.54) is 31.4 Å². The molecule has 0 saturated heterocycles. The maximum absolute atomic E-state index is 12.1. The number of aromatic nitrogens is 2. The number of halogens is 3. The minimum absolute atomic E-state index is 0.0440. The van der Waals surface area contributed by atoms with Gasteiger partial charge < -0.3 is 10.1 Å². The molecule has 110 valence electrons. The van der Waals surface area contributed by atoms with Crippen LogP contribution in [0.1, 0.15) is 0 Å². The van der Waals surface area contributed by atoms with Crippen LogP contribution < -0.4 is 10.1 Å². The number of nitrogens with one attached hydrogen (secondary N) is 1. The van der Waals surface area contributed by atoms with Gasteiger partial charge in [0, 0.05) is 17.3 Å². The molecular weight excluding hydrogens is 287 g/mol. The van der Waals surface area contributed by atoms with Crippen LogP contribution >= 0.6 is 0 Å². The topological polar surface area (TPSA) is 64.1 Å². The first-order chi connectivity index (χ1) is 9.90. The molecule has 0 aliphatic rings. The predicted octanol–water partition coefficient (Wildman–Crippen LogP) is 2.65. The fourth-order valence-electron chi connectivity index (χ4n) is 1.51. The van der Waals surface area contributed by atoms with E-state index in [-0.39, 0.29) is 5.69 Å². The van der Waals surface area contributed by atoms with Gasteiger partial charge in [-0.3, -0.25) is 4.79 Å². The third-order valence-electron chi connectivity index (χ3n) is 2.55. The molecule has 1 aromatic heterocycles. The summed E-state index contributed by atoms with van der Waals surface area (Å²) in [6, 6.07) is 9.04. The number of nitrogens with zero attached hydrogens (tertiary/aromatic N) is 2. The van der Waals surface area contributed by atoms with Crippen LogP contribution in [-0.4, -0.2) is 29.4 Å². The Balaban J connectivity index is 2.13. The van der Waals surface area contributed by atoms with Gasteiger partial charge in [-0.1, -0.05) is 12.1 Å². The summed E-state index contributed by atoms with van der Waals surface area (Å²) in [5, 5.41) is 9.45. The van der Waals surface area contributed by atoms with E-state index in [1.807, 2.05) is 0 Å². The predicted molar refractivity (Wildman–Crippen MR) is 68.7 cm³/mol. The highest BCUT2D eigenvalue weighted by atomic mass is 19.4. The second-order valence-corrected chi connectivity index (χ2v) is 3.99. The van der Waals surface area contributed by atoms with Crippen LogP contribution in [0.3, 0.4) is 0 Å². The van der Waals surface area contributed by atoms with Crippen molar-refractivity contribution in [3.05, 3.63) is 36.4 Å². The quantitative estimate of drug-likeness (QED) is 0.946. The highest BCUT2D eigenvalue weighted by Gasteiger charge is 2.38. The third kappa shape index (κ3) is 3.68. The number of alkyl halides is 3. The van der Waals surface area contributed by atoms with Crippen molar-refractivity contribution < 1.29 is 22.7 Å². The number of amides is 1. The lowest BCUT2D eigenvalue weighted by atomic mass is 10.1. The molecule has 1 heterocycles. The molecule has 0 aliphatic heterocycles. The molecule has 1 N–H and O–H groups in total. The average Bonchev–Trinajstić information content (AvgIpc) is 2.47. The number of methoxy groups -OCH3 is 1. The lowest BCUT2D eigenvalue weighted by molar-refractivity contribution is -0.167. The molecule has 2 aromatic rings. The number of benzene rings is 1. The minimum Gasteiger partial charge on any atom is -0.480 e. The summed E-state index contributed by atoms with van der Waals surface area (Å²) in [4.78, 5) is 10.8. The molecule has 1 amide bonds. The number of carbonyl (C=O) groups is 1. The number of rotatable bonds is 3. The zero-order valence-corrected chi connectivity index (χ0v) is 10.8. The first-order valence-corrected chi connectivity index (χ1v) is 5.76. The maximum Gasteiger partial charge on any atom is 0.471 e.